The molecule has 2 spiro atoms. The zero-order valence-corrected chi connectivity index (χ0v) is 21.7. The van der Waals surface area contributed by atoms with Crippen LogP contribution in [0.25, 0.3) is 0 Å². The molecular weight excluding hydrogens is 446 g/mol. The van der Waals surface area contributed by atoms with Crippen LogP contribution in [0, 0.1) is 39.9 Å². The molecule has 0 N–H and O–H groups in total. The Labute approximate surface area is 207 Å². The van der Waals surface area contributed by atoms with Crippen LogP contribution in [0.5, 0.6) is 0 Å². The maximum Gasteiger partial charge on any atom is 0.303 e. The second-order valence-electron chi connectivity index (χ2n) is 12.6. The first-order valence-electron chi connectivity index (χ1n) is 13.4. The minimum absolute atomic E-state index is 0.00710. The number of ether oxygens (including phenoxy) is 3. The summed E-state index contributed by atoms with van der Waals surface area (Å²) in [5, 5.41) is 0. The first kappa shape index (κ1) is 23.5. The number of rotatable bonds is 4. The molecule has 11 atom stereocenters. The monoisotopic (exact) mass is 485 g/mol. The van der Waals surface area contributed by atoms with Crippen molar-refractivity contribution >= 4 is 17.9 Å². The van der Waals surface area contributed by atoms with E-state index in [0.717, 1.165) is 50.8 Å². The highest BCUT2D eigenvalue weighted by Crippen LogP contribution is 2.84. The molecule has 7 nitrogen and oxygen atoms in total. The number of nitrogens with zero attached hydrogens (tertiary/aromatic N) is 1. The SMILES string of the molecule is C=C1[C@@H](OC(C)=O)[C@]23C[C@@H]1[C@@H](OC(C)=O)C[C@H]2[C@@]12C4C3C[C@@H]1[C@@](C)(CC[C@H]2OC(C)=O)CN4CC. The topological polar surface area (TPSA) is 82.1 Å². The lowest BCUT2D eigenvalue weighted by molar-refractivity contribution is -0.231. The normalized spacial score (nSPS) is 51.1. The van der Waals surface area contributed by atoms with Crippen LogP contribution in [0.1, 0.15) is 66.7 Å². The summed E-state index contributed by atoms with van der Waals surface area (Å²) in [6.45, 7) is 15.6. The number of likely N-dealkylation sites (tertiary alicyclic amines) is 1. The van der Waals surface area contributed by atoms with Crippen molar-refractivity contribution in [2.45, 2.75) is 91.1 Å². The number of carbonyl (C=O) groups is 3. The molecule has 192 valence electrons. The fourth-order valence-electron chi connectivity index (χ4n) is 10.9. The predicted molar refractivity (Wildman–Crippen MR) is 127 cm³/mol. The Bertz CT molecular complexity index is 1010. The average Bonchev–Trinajstić information content (AvgIpc) is 3.29. The Morgan fingerprint density at radius 1 is 1.03 bits per heavy atom. The van der Waals surface area contributed by atoms with Gasteiger partial charge in [0.1, 0.15) is 18.3 Å². The molecule has 5 aliphatic carbocycles. The highest BCUT2D eigenvalue weighted by atomic mass is 16.6. The lowest BCUT2D eigenvalue weighted by Gasteiger charge is -2.65. The summed E-state index contributed by atoms with van der Waals surface area (Å²) in [7, 11) is 0. The molecule has 1 heterocycles. The Morgan fingerprint density at radius 2 is 1.71 bits per heavy atom. The number of fused-ring (bicyclic) bond motifs is 1. The van der Waals surface area contributed by atoms with Gasteiger partial charge in [0.05, 0.1) is 0 Å². The minimum Gasteiger partial charge on any atom is -0.462 e. The van der Waals surface area contributed by atoms with Crippen molar-refractivity contribution in [2.75, 3.05) is 13.1 Å². The number of carbonyl (C=O) groups excluding carboxylic acids is 3. The molecular formula is C28H39NO6. The van der Waals surface area contributed by atoms with Crippen LogP contribution in [0.3, 0.4) is 0 Å². The molecule has 0 aromatic heterocycles. The molecule has 5 saturated carbocycles. The van der Waals surface area contributed by atoms with Crippen LogP contribution in [0.2, 0.25) is 0 Å². The van der Waals surface area contributed by atoms with Crippen molar-refractivity contribution in [1.82, 2.24) is 4.90 Å². The zero-order valence-electron chi connectivity index (χ0n) is 21.7. The molecule has 1 aliphatic heterocycles. The first-order chi connectivity index (χ1) is 16.5. The van der Waals surface area contributed by atoms with Crippen LogP contribution in [0.15, 0.2) is 12.2 Å². The van der Waals surface area contributed by atoms with Crippen molar-refractivity contribution < 1.29 is 28.6 Å². The van der Waals surface area contributed by atoms with Gasteiger partial charge in [-0.05, 0) is 67.4 Å². The fraction of sp³-hybridized carbons (Fsp3) is 0.821. The first-order valence-corrected chi connectivity index (χ1v) is 13.4. The Kier molecular flexibility index (Phi) is 4.92. The van der Waals surface area contributed by atoms with Crippen LogP contribution in [0.4, 0.5) is 0 Å². The molecule has 0 aromatic rings. The van der Waals surface area contributed by atoms with Crippen LogP contribution >= 0.6 is 0 Å². The van der Waals surface area contributed by atoms with Gasteiger partial charge < -0.3 is 14.2 Å². The van der Waals surface area contributed by atoms with E-state index < -0.39 is 0 Å². The van der Waals surface area contributed by atoms with Crippen molar-refractivity contribution in [3.05, 3.63) is 12.2 Å². The molecule has 6 fully saturated rings. The molecule has 2 unspecified atom stereocenters. The van der Waals surface area contributed by atoms with E-state index in [1.165, 1.54) is 20.8 Å². The van der Waals surface area contributed by atoms with Gasteiger partial charge in [0.2, 0.25) is 0 Å². The van der Waals surface area contributed by atoms with E-state index in [-0.39, 0.29) is 70.3 Å². The highest BCUT2D eigenvalue weighted by Gasteiger charge is 2.86. The van der Waals surface area contributed by atoms with Gasteiger partial charge in [-0.15, -0.1) is 0 Å². The summed E-state index contributed by atoms with van der Waals surface area (Å²) in [5.41, 5.74) is 0.571. The van der Waals surface area contributed by atoms with E-state index in [9.17, 15) is 14.4 Å². The largest absolute Gasteiger partial charge is 0.462 e. The lowest BCUT2D eigenvalue weighted by Crippen LogP contribution is -2.69. The smallest absolute Gasteiger partial charge is 0.303 e. The number of esters is 3. The minimum atomic E-state index is -0.383. The highest BCUT2D eigenvalue weighted by molar-refractivity contribution is 5.68. The molecule has 6 rings (SSSR count). The molecule has 0 aromatic carbocycles. The van der Waals surface area contributed by atoms with Gasteiger partial charge in [-0.2, -0.15) is 0 Å². The molecule has 7 heteroatoms. The summed E-state index contributed by atoms with van der Waals surface area (Å²) >= 11 is 0. The molecule has 0 radical (unpaired) electrons. The lowest BCUT2D eigenvalue weighted by atomic mass is 9.43. The van der Waals surface area contributed by atoms with Crippen LogP contribution in [-0.2, 0) is 28.6 Å². The maximum atomic E-state index is 12.4. The molecule has 35 heavy (non-hydrogen) atoms. The van der Waals surface area contributed by atoms with Gasteiger partial charge in [0.25, 0.3) is 0 Å². The summed E-state index contributed by atoms with van der Waals surface area (Å²) in [5.74, 6) is 0.0890. The third-order valence-electron chi connectivity index (χ3n) is 11.4. The Balaban J connectivity index is 1.57. The summed E-state index contributed by atoms with van der Waals surface area (Å²) in [6.07, 6.45) is 3.68. The van der Waals surface area contributed by atoms with E-state index in [2.05, 4.69) is 25.3 Å². The van der Waals surface area contributed by atoms with Crippen LogP contribution < -0.4 is 0 Å². The number of hydrogen-bond acceptors (Lipinski definition) is 7. The average molecular weight is 486 g/mol. The number of hydrogen-bond donors (Lipinski definition) is 0. The third-order valence-corrected chi connectivity index (χ3v) is 11.4. The van der Waals surface area contributed by atoms with Gasteiger partial charge in [0, 0.05) is 50.1 Å². The number of piperidine rings is 1. The van der Waals surface area contributed by atoms with E-state index in [1.54, 1.807) is 0 Å². The summed E-state index contributed by atoms with van der Waals surface area (Å²) < 4.78 is 18.3. The molecule has 6 aliphatic rings. The standard InChI is InChI=1S/C28H39NO6/c1-7-29-13-26(6)9-8-23(34-16(4)31)28-21(26)10-19(24(28)29)27-12-18(14(2)25(27)35-17(5)32)20(11-22(27)28)33-15(3)30/h18-25H,2,7-13H2,1,3-6H3/t18-,19?,20-,21+,22+,23+,24?,25+,26-,27-,28-/m0/s1. The summed E-state index contributed by atoms with van der Waals surface area (Å²) in [6, 6.07) is 0.265. The van der Waals surface area contributed by atoms with E-state index >= 15 is 0 Å². The Morgan fingerprint density at radius 3 is 2.34 bits per heavy atom. The fourth-order valence-corrected chi connectivity index (χ4v) is 10.9. The Hall–Kier alpha value is -1.89. The van der Waals surface area contributed by atoms with E-state index in [0.29, 0.717) is 11.8 Å². The van der Waals surface area contributed by atoms with Gasteiger partial charge >= 0.3 is 17.9 Å². The predicted octanol–water partition coefficient (Wildman–Crippen LogP) is 3.50. The van der Waals surface area contributed by atoms with Gasteiger partial charge in [-0.1, -0.05) is 20.4 Å². The van der Waals surface area contributed by atoms with Gasteiger partial charge in [-0.25, -0.2) is 0 Å². The van der Waals surface area contributed by atoms with Gasteiger partial charge in [-0.3, -0.25) is 19.3 Å². The molecule has 0 amide bonds. The van der Waals surface area contributed by atoms with Crippen molar-refractivity contribution in [1.29, 1.82) is 0 Å². The maximum absolute atomic E-state index is 12.4. The van der Waals surface area contributed by atoms with Crippen LogP contribution in [-0.4, -0.2) is 60.3 Å². The quantitative estimate of drug-likeness (QED) is 0.342. The van der Waals surface area contributed by atoms with Crippen molar-refractivity contribution in [3.63, 3.8) is 0 Å². The molecule has 7 bridgehead atoms. The summed E-state index contributed by atoms with van der Waals surface area (Å²) in [4.78, 5) is 39.6. The molecule has 1 saturated heterocycles. The van der Waals surface area contributed by atoms with E-state index in [1.807, 2.05) is 0 Å². The zero-order chi connectivity index (χ0) is 25.1. The van der Waals surface area contributed by atoms with Crippen molar-refractivity contribution in [2.24, 2.45) is 39.9 Å². The third kappa shape index (κ3) is 2.69. The van der Waals surface area contributed by atoms with Crippen molar-refractivity contribution in [3.8, 4) is 0 Å². The second kappa shape index (κ2) is 7.33. The second-order valence-corrected chi connectivity index (χ2v) is 12.6. The van der Waals surface area contributed by atoms with E-state index in [4.69, 9.17) is 14.2 Å². The van der Waals surface area contributed by atoms with Gasteiger partial charge in [0.15, 0.2) is 0 Å².